The summed E-state index contributed by atoms with van der Waals surface area (Å²) in [6.45, 7) is 4.34. The number of nitrogens with zero attached hydrogens (tertiary/aromatic N) is 2. The number of anilines is 1. The summed E-state index contributed by atoms with van der Waals surface area (Å²) >= 11 is 1.90. The zero-order valence-electron chi connectivity index (χ0n) is 8.12. The zero-order valence-corrected chi connectivity index (χ0v) is 8.94. The molecule has 1 aliphatic rings. The van der Waals surface area contributed by atoms with Crippen LogP contribution < -0.4 is 5.32 Å². The topological polar surface area (TPSA) is 37.8 Å². The van der Waals surface area contributed by atoms with E-state index in [2.05, 4.69) is 29.1 Å². The van der Waals surface area contributed by atoms with Crippen molar-refractivity contribution >= 4 is 17.7 Å². The van der Waals surface area contributed by atoms with Crippen molar-refractivity contribution in [1.29, 1.82) is 0 Å². The van der Waals surface area contributed by atoms with Crippen molar-refractivity contribution in [2.45, 2.75) is 24.6 Å². The molecule has 3 nitrogen and oxygen atoms in total. The van der Waals surface area contributed by atoms with Crippen molar-refractivity contribution in [2.24, 2.45) is 0 Å². The van der Waals surface area contributed by atoms with Gasteiger partial charge in [0.1, 0.15) is 0 Å². The lowest BCUT2D eigenvalue weighted by molar-refractivity contribution is 0.569. The van der Waals surface area contributed by atoms with Gasteiger partial charge in [-0.1, -0.05) is 0 Å². The van der Waals surface area contributed by atoms with Gasteiger partial charge in [0.15, 0.2) is 5.82 Å². The summed E-state index contributed by atoms with van der Waals surface area (Å²) in [5, 5.41) is 3.19. The second kappa shape index (κ2) is 3.38. The molecular weight excluding hydrogens is 201 g/mol. The summed E-state index contributed by atoms with van der Waals surface area (Å²) in [7, 11) is 0. The highest BCUT2D eigenvalue weighted by molar-refractivity contribution is 8.02. The van der Waals surface area contributed by atoms with Crippen molar-refractivity contribution in [3.63, 3.8) is 0 Å². The molecule has 1 saturated heterocycles. The Morgan fingerprint density at radius 2 is 2.14 bits per heavy atom. The first kappa shape index (κ1) is 9.71. The van der Waals surface area contributed by atoms with E-state index in [4.69, 9.17) is 0 Å². The second-order valence-electron chi connectivity index (χ2n) is 3.84. The molecule has 1 N–H and O–H groups in total. The van der Waals surface area contributed by atoms with Crippen LogP contribution in [0.2, 0.25) is 0 Å². The zero-order chi connectivity index (χ0) is 10.2. The predicted octanol–water partition coefficient (Wildman–Crippen LogP) is 1.92. The molecule has 2 rings (SSSR count). The molecule has 0 radical (unpaired) electrons. The summed E-state index contributed by atoms with van der Waals surface area (Å²) in [5.74, 6) is 1.15. The summed E-state index contributed by atoms with van der Waals surface area (Å²) in [5.41, 5.74) is 0. The summed E-state index contributed by atoms with van der Waals surface area (Å²) in [4.78, 5) is 7.72. The van der Waals surface area contributed by atoms with Crippen LogP contribution in [0.5, 0.6) is 0 Å². The van der Waals surface area contributed by atoms with Crippen LogP contribution in [0.25, 0.3) is 0 Å². The van der Waals surface area contributed by atoms with E-state index in [1.165, 1.54) is 12.4 Å². The van der Waals surface area contributed by atoms with E-state index < -0.39 is 5.82 Å². The second-order valence-corrected chi connectivity index (χ2v) is 5.51. The SMILES string of the molecule is CC1(C)SCC1Nc1ncc(F)cn1. The minimum absolute atomic E-state index is 0.220. The molecule has 5 heteroatoms. The molecule has 2 heterocycles. The Bertz CT molecular complexity index is 325. The first-order valence-corrected chi connectivity index (χ1v) is 5.44. The number of aromatic nitrogens is 2. The average molecular weight is 213 g/mol. The average Bonchev–Trinajstić information content (AvgIpc) is 2.15. The Balaban J connectivity index is 2.01. The molecule has 0 aromatic carbocycles. The molecule has 14 heavy (non-hydrogen) atoms. The molecule has 0 bridgehead atoms. The van der Waals surface area contributed by atoms with Gasteiger partial charge >= 0.3 is 0 Å². The Morgan fingerprint density at radius 3 is 2.57 bits per heavy atom. The van der Waals surface area contributed by atoms with Gasteiger partial charge in [-0.3, -0.25) is 0 Å². The van der Waals surface area contributed by atoms with Gasteiger partial charge in [0.25, 0.3) is 0 Å². The van der Waals surface area contributed by atoms with Crippen molar-refractivity contribution in [2.75, 3.05) is 11.1 Å². The number of nitrogens with one attached hydrogen (secondary N) is 1. The largest absolute Gasteiger partial charge is 0.349 e. The van der Waals surface area contributed by atoms with Crippen LogP contribution in [0.15, 0.2) is 12.4 Å². The van der Waals surface area contributed by atoms with Gasteiger partial charge in [-0.05, 0) is 13.8 Å². The normalized spacial score (nSPS) is 24.1. The van der Waals surface area contributed by atoms with E-state index in [-0.39, 0.29) is 4.75 Å². The number of hydrogen-bond acceptors (Lipinski definition) is 4. The van der Waals surface area contributed by atoms with Gasteiger partial charge in [0.05, 0.1) is 18.4 Å². The quantitative estimate of drug-likeness (QED) is 0.814. The van der Waals surface area contributed by atoms with Crippen molar-refractivity contribution < 1.29 is 4.39 Å². The van der Waals surface area contributed by atoms with Crippen LogP contribution in [0.1, 0.15) is 13.8 Å². The van der Waals surface area contributed by atoms with Crippen molar-refractivity contribution in [1.82, 2.24) is 9.97 Å². The molecule has 1 aliphatic heterocycles. The molecular formula is C9H12FN3S. The summed E-state index contributed by atoms with van der Waals surface area (Å²) < 4.78 is 12.7. The van der Waals surface area contributed by atoms with Crippen LogP contribution in [0.3, 0.4) is 0 Å². The molecule has 1 fully saturated rings. The minimum Gasteiger partial charge on any atom is -0.349 e. The van der Waals surface area contributed by atoms with Crippen LogP contribution in [-0.2, 0) is 0 Å². The number of rotatable bonds is 2. The molecule has 1 aromatic rings. The molecule has 0 aliphatic carbocycles. The van der Waals surface area contributed by atoms with E-state index >= 15 is 0 Å². The maximum atomic E-state index is 12.5. The third-order valence-electron chi connectivity index (χ3n) is 2.38. The lowest BCUT2D eigenvalue weighted by atomic mass is 10.0. The van der Waals surface area contributed by atoms with Crippen LogP contribution in [0, 0.1) is 5.82 Å². The highest BCUT2D eigenvalue weighted by Gasteiger charge is 2.39. The fourth-order valence-corrected chi connectivity index (χ4v) is 2.40. The lowest BCUT2D eigenvalue weighted by Crippen LogP contribution is -2.50. The Morgan fingerprint density at radius 1 is 1.50 bits per heavy atom. The van der Waals surface area contributed by atoms with E-state index in [1.807, 2.05) is 11.8 Å². The molecule has 0 saturated carbocycles. The van der Waals surface area contributed by atoms with Crippen LogP contribution >= 0.6 is 11.8 Å². The molecule has 0 amide bonds. The predicted molar refractivity (Wildman–Crippen MR) is 55.9 cm³/mol. The van der Waals surface area contributed by atoms with Crippen LogP contribution in [0.4, 0.5) is 10.3 Å². The highest BCUT2D eigenvalue weighted by Crippen LogP contribution is 2.41. The van der Waals surface area contributed by atoms with E-state index in [0.29, 0.717) is 12.0 Å². The lowest BCUT2D eigenvalue weighted by Gasteiger charge is -2.43. The maximum absolute atomic E-state index is 12.5. The molecule has 76 valence electrons. The van der Waals surface area contributed by atoms with Gasteiger partial charge in [-0.2, -0.15) is 11.8 Å². The Hall–Kier alpha value is -0.840. The Labute approximate surface area is 86.5 Å². The first-order valence-electron chi connectivity index (χ1n) is 4.46. The van der Waals surface area contributed by atoms with Crippen molar-refractivity contribution in [3.8, 4) is 0 Å². The van der Waals surface area contributed by atoms with E-state index in [1.54, 1.807) is 0 Å². The van der Waals surface area contributed by atoms with Gasteiger partial charge in [-0.25, -0.2) is 14.4 Å². The monoisotopic (exact) mass is 213 g/mol. The van der Waals surface area contributed by atoms with Crippen LogP contribution in [-0.4, -0.2) is 26.5 Å². The molecule has 1 aromatic heterocycles. The minimum atomic E-state index is -0.405. The molecule has 0 spiro atoms. The van der Waals surface area contributed by atoms with Crippen molar-refractivity contribution in [3.05, 3.63) is 18.2 Å². The third kappa shape index (κ3) is 1.82. The molecule has 1 unspecified atom stereocenters. The number of halogens is 1. The van der Waals surface area contributed by atoms with E-state index in [0.717, 1.165) is 5.75 Å². The summed E-state index contributed by atoms with van der Waals surface area (Å²) in [6.07, 6.45) is 2.35. The summed E-state index contributed by atoms with van der Waals surface area (Å²) in [6, 6.07) is 0.373. The maximum Gasteiger partial charge on any atom is 0.223 e. The number of hydrogen-bond donors (Lipinski definition) is 1. The van der Waals surface area contributed by atoms with Gasteiger partial charge in [0, 0.05) is 10.5 Å². The smallest absolute Gasteiger partial charge is 0.223 e. The molecule has 1 atom stereocenters. The van der Waals surface area contributed by atoms with Gasteiger partial charge < -0.3 is 5.32 Å². The Kier molecular flexibility index (Phi) is 2.34. The van der Waals surface area contributed by atoms with Gasteiger partial charge in [-0.15, -0.1) is 0 Å². The fraction of sp³-hybridized carbons (Fsp3) is 0.556. The van der Waals surface area contributed by atoms with E-state index in [9.17, 15) is 4.39 Å². The highest BCUT2D eigenvalue weighted by atomic mass is 32.2. The third-order valence-corrected chi connectivity index (χ3v) is 3.91. The standard InChI is InChI=1S/C9H12FN3S/c1-9(2)7(5-14-9)13-8-11-3-6(10)4-12-8/h3-4,7H,5H2,1-2H3,(H,11,12,13). The fourth-order valence-electron chi connectivity index (χ4n) is 1.26. The first-order chi connectivity index (χ1) is 6.58. The number of thioether (sulfide) groups is 1. The van der Waals surface area contributed by atoms with Gasteiger partial charge in [0.2, 0.25) is 5.95 Å².